The van der Waals surface area contributed by atoms with Crippen molar-refractivity contribution in [2.75, 3.05) is 7.11 Å². The number of carboxylic acids is 1. The first-order valence-corrected chi connectivity index (χ1v) is 6.72. The van der Waals surface area contributed by atoms with Crippen LogP contribution in [0.5, 0.6) is 11.5 Å². The summed E-state index contributed by atoms with van der Waals surface area (Å²) in [5.41, 5.74) is 1.91. The van der Waals surface area contributed by atoms with Crippen LogP contribution in [-0.2, 0) is 9.63 Å². The summed E-state index contributed by atoms with van der Waals surface area (Å²) in [4.78, 5) is 16.1. The minimum Gasteiger partial charge on any atom is -0.476 e. The van der Waals surface area contributed by atoms with Gasteiger partial charge in [-0.2, -0.15) is 0 Å². The van der Waals surface area contributed by atoms with Gasteiger partial charge in [-0.05, 0) is 37.1 Å². The molecule has 114 valence electrons. The van der Waals surface area contributed by atoms with E-state index < -0.39 is 5.97 Å². The van der Waals surface area contributed by atoms with Crippen molar-refractivity contribution in [3.05, 3.63) is 59.2 Å². The topological polar surface area (TPSA) is 68.1 Å². The van der Waals surface area contributed by atoms with Crippen LogP contribution in [0.25, 0.3) is 0 Å². The summed E-state index contributed by atoms with van der Waals surface area (Å²) in [5, 5.41) is 13.0. The average molecular weight is 299 g/mol. The number of aryl methyl sites for hydroxylation is 2. The molecule has 2 aromatic rings. The molecule has 0 aromatic heterocycles. The monoisotopic (exact) mass is 299 g/mol. The molecule has 0 aliphatic carbocycles. The summed E-state index contributed by atoms with van der Waals surface area (Å²) in [6.45, 7) is 3.72. The van der Waals surface area contributed by atoms with Crippen molar-refractivity contribution in [2.24, 2.45) is 5.16 Å². The molecule has 2 rings (SSSR count). The third-order valence-corrected chi connectivity index (χ3v) is 3.17. The molecule has 0 fully saturated rings. The van der Waals surface area contributed by atoms with Crippen molar-refractivity contribution in [3.8, 4) is 11.5 Å². The van der Waals surface area contributed by atoms with E-state index in [-0.39, 0.29) is 5.71 Å². The first-order valence-electron chi connectivity index (χ1n) is 6.72. The third-order valence-electron chi connectivity index (χ3n) is 3.17. The summed E-state index contributed by atoms with van der Waals surface area (Å²) < 4.78 is 5.90. The van der Waals surface area contributed by atoms with Crippen LogP contribution in [0.4, 0.5) is 0 Å². The van der Waals surface area contributed by atoms with Crippen molar-refractivity contribution in [1.29, 1.82) is 0 Å². The fourth-order valence-electron chi connectivity index (χ4n) is 2.10. The Kier molecular flexibility index (Phi) is 4.78. The fourth-order valence-corrected chi connectivity index (χ4v) is 2.10. The van der Waals surface area contributed by atoms with Gasteiger partial charge in [-0.1, -0.05) is 35.5 Å². The number of ether oxygens (including phenoxy) is 1. The molecule has 0 aliphatic heterocycles. The molecule has 5 nitrogen and oxygen atoms in total. The van der Waals surface area contributed by atoms with Crippen molar-refractivity contribution in [1.82, 2.24) is 0 Å². The molecule has 0 spiro atoms. The van der Waals surface area contributed by atoms with E-state index >= 15 is 0 Å². The van der Waals surface area contributed by atoms with E-state index in [1.54, 1.807) is 25.1 Å². The maximum absolute atomic E-state index is 11.4. The second-order valence-corrected chi connectivity index (χ2v) is 4.74. The minimum atomic E-state index is -1.18. The van der Waals surface area contributed by atoms with Crippen LogP contribution in [0.2, 0.25) is 0 Å². The predicted octanol–water partition coefficient (Wildman–Crippen LogP) is 3.53. The number of nitrogens with zero attached hydrogens (tertiary/aromatic N) is 1. The van der Waals surface area contributed by atoms with E-state index in [2.05, 4.69) is 9.99 Å². The Morgan fingerprint density at radius 1 is 1.00 bits per heavy atom. The number of oxime groups is 1. The number of aliphatic carboxylic acids is 1. The SMILES string of the molecule is CON=C(C(=O)O)c1c(C)cccc1Oc1ccccc1C. The lowest BCUT2D eigenvalue weighted by Crippen LogP contribution is -2.17. The minimum absolute atomic E-state index is 0.191. The number of para-hydroxylation sites is 1. The second kappa shape index (κ2) is 6.76. The highest BCUT2D eigenvalue weighted by atomic mass is 16.6. The summed E-state index contributed by atoms with van der Waals surface area (Å²) in [6, 6.07) is 12.8. The van der Waals surface area contributed by atoms with Gasteiger partial charge >= 0.3 is 5.97 Å². The average Bonchev–Trinajstić information content (AvgIpc) is 2.48. The van der Waals surface area contributed by atoms with Crippen molar-refractivity contribution >= 4 is 11.7 Å². The Morgan fingerprint density at radius 3 is 2.27 bits per heavy atom. The van der Waals surface area contributed by atoms with Crippen molar-refractivity contribution in [2.45, 2.75) is 13.8 Å². The molecule has 22 heavy (non-hydrogen) atoms. The Bertz CT molecular complexity index is 722. The predicted molar refractivity (Wildman–Crippen MR) is 83.6 cm³/mol. The Morgan fingerprint density at radius 2 is 1.64 bits per heavy atom. The summed E-state index contributed by atoms with van der Waals surface area (Å²) in [5.74, 6) is -0.0882. The number of benzene rings is 2. The molecule has 0 heterocycles. The Hall–Kier alpha value is -2.82. The highest BCUT2D eigenvalue weighted by molar-refractivity contribution is 6.43. The maximum Gasteiger partial charge on any atom is 0.358 e. The molecule has 0 amide bonds. The molecule has 0 bridgehead atoms. The number of hydrogen-bond acceptors (Lipinski definition) is 4. The Balaban J connectivity index is 2.54. The van der Waals surface area contributed by atoms with E-state index in [1.807, 2.05) is 31.2 Å². The van der Waals surface area contributed by atoms with Crippen LogP contribution < -0.4 is 4.74 Å². The lowest BCUT2D eigenvalue weighted by Gasteiger charge is -2.14. The zero-order valence-corrected chi connectivity index (χ0v) is 12.7. The molecule has 0 saturated carbocycles. The number of rotatable bonds is 5. The van der Waals surface area contributed by atoms with E-state index in [4.69, 9.17) is 4.74 Å². The lowest BCUT2D eigenvalue weighted by molar-refractivity contribution is -0.129. The molecule has 1 N–H and O–H groups in total. The molecular formula is C17H17NO4. The van der Waals surface area contributed by atoms with Crippen LogP contribution in [-0.4, -0.2) is 23.9 Å². The fraction of sp³-hybridized carbons (Fsp3) is 0.176. The first kappa shape index (κ1) is 15.6. The molecular weight excluding hydrogens is 282 g/mol. The number of carbonyl (C=O) groups is 1. The number of hydrogen-bond donors (Lipinski definition) is 1. The van der Waals surface area contributed by atoms with Crippen LogP contribution in [0, 0.1) is 13.8 Å². The highest BCUT2D eigenvalue weighted by Crippen LogP contribution is 2.30. The van der Waals surface area contributed by atoms with Crippen LogP contribution >= 0.6 is 0 Å². The third kappa shape index (κ3) is 3.25. The van der Waals surface area contributed by atoms with Gasteiger partial charge in [-0.25, -0.2) is 4.79 Å². The van der Waals surface area contributed by atoms with E-state index in [9.17, 15) is 9.90 Å². The molecule has 0 saturated heterocycles. The normalized spacial score (nSPS) is 11.1. The maximum atomic E-state index is 11.4. The first-order chi connectivity index (χ1) is 10.5. The number of carboxylic acid groups (broad SMARTS) is 1. The van der Waals surface area contributed by atoms with Gasteiger partial charge in [0, 0.05) is 0 Å². The van der Waals surface area contributed by atoms with Gasteiger partial charge in [0.05, 0.1) is 5.56 Å². The lowest BCUT2D eigenvalue weighted by atomic mass is 10.0. The van der Waals surface area contributed by atoms with E-state index in [0.29, 0.717) is 17.1 Å². The van der Waals surface area contributed by atoms with E-state index in [1.165, 1.54) is 7.11 Å². The largest absolute Gasteiger partial charge is 0.476 e. The van der Waals surface area contributed by atoms with Gasteiger partial charge in [0.15, 0.2) is 5.71 Å². The molecule has 0 aliphatic rings. The van der Waals surface area contributed by atoms with Crippen molar-refractivity contribution in [3.63, 3.8) is 0 Å². The highest BCUT2D eigenvalue weighted by Gasteiger charge is 2.21. The zero-order chi connectivity index (χ0) is 16.1. The zero-order valence-electron chi connectivity index (χ0n) is 12.7. The quantitative estimate of drug-likeness (QED) is 0.677. The van der Waals surface area contributed by atoms with Crippen molar-refractivity contribution < 1.29 is 19.5 Å². The molecule has 0 radical (unpaired) electrons. The summed E-state index contributed by atoms with van der Waals surface area (Å²) in [6.07, 6.45) is 0. The molecule has 2 aromatic carbocycles. The smallest absolute Gasteiger partial charge is 0.358 e. The van der Waals surface area contributed by atoms with E-state index in [0.717, 1.165) is 11.1 Å². The van der Waals surface area contributed by atoms with Crippen LogP contribution in [0.1, 0.15) is 16.7 Å². The van der Waals surface area contributed by atoms with Gasteiger partial charge < -0.3 is 14.7 Å². The van der Waals surface area contributed by atoms with Gasteiger partial charge in [0.1, 0.15) is 18.6 Å². The molecule has 0 atom stereocenters. The van der Waals surface area contributed by atoms with Gasteiger partial charge in [0.2, 0.25) is 0 Å². The van der Waals surface area contributed by atoms with Gasteiger partial charge in [-0.3, -0.25) is 0 Å². The van der Waals surface area contributed by atoms with Crippen LogP contribution in [0.15, 0.2) is 47.6 Å². The van der Waals surface area contributed by atoms with Gasteiger partial charge in [0.25, 0.3) is 0 Å². The summed E-state index contributed by atoms with van der Waals surface area (Å²) >= 11 is 0. The molecule has 0 unspecified atom stereocenters. The molecule has 5 heteroatoms. The summed E-state index contributed by atoms with van der Waals surface area (Å²) in [7, 11) is 1.31. The standard InChI is InChI=1S/C17H17NO4/c1-11-7-4-5-9-13(11)22-14-10-6-8-12(2)15(14)16(17(19)20)18-21-3/h4-10H,1-3H3,(H,19,20). The van der Waals surface area contributed by atoms with Crippen LogP contribution in [0.3, 0.4) is 0 Å². The van der Waals surface area contributed by atoms with Gasteiger partial charge in [-0.15, -0.1) is 0 Å². The Labute approximate surface area is 128 Å². The second-order valence-electron chi connectivity index (χ2n) is 4.74.